The van der Waals surface area contributed by atoms with Gasteiger partial charge in [-0.05, 0) is 0 Å². The molecule has 0 heterocycles. The van der Waals surface area contributed by atoms with Crippen molar-refractivity contribution in [2.75, 3.05) is 0 Å². The van der Waals surface area contributed by atoms with E-state index in [0.29, 0.717) is 5.02 Å². The third-order valence-electron chi connectivity index (χ3n) is 1.16. The number of halogens is 1. The first-order chi connectivity index (χ1) is 5.68. The molecule has 0 saturated carbocycles. The van der Waals surface area contributed by atoms with E-state index in [9.17, 15) is 4.79 Å². The zero-order chi connectivity index (χ0) is 8.97. The molecule has 64 valence electrons. The van der Waals surface area contributed by atoms with Crippen LogP contribution in [-0.4, -0.2) is 26.0 Å². The number of benzene rings is 1. The van der Waals surface area contributed by atoms with Crippen molar-refractivity contribution in [3.8, 4) is 0 Å². The first kappa shape index (κ1) is 9.59. The molecule has 12 heavy (non-hydrogen) atoms. The monoisotopic (exact) mass is 250 g/mol. The predicted octanol–water partition coefficient (Wildman–Crippen LogP) is 1.17. The van der Waals surface area contributed by atoms with E-state index in [0.717, 1.165) is 4.46 Å². The van der Waals surface area contributed by atoms with E-state index in [-0.39, 0.29) is 20.3 Å². The van der Waals surface area contributed by atoms with Crippen molar-refractivity contribution in [3.05, 3.63) is 29.3 Å². The summed E-state index contributed by atoms with van der Waals surface area (Å²) in [6, 6.07) is 7.32. The van der Waals surface area contributed by atoms with E-state index in [1.54, 1.807) is 6.07 Å². The normalized spacial score (nSPS) is 9.75. The molecule has 0 radical (unpaired) electrons. The SMILES string of the molecule is O=C(O)C[Se]c1cccc(Cl)c1. The Morgan fingerprint density at radius 2 is 2.33 bits per heavy atom. The topological polar surface area (TPSA) is 37.3 Å². The summed E-state index contributed by atoms with van der Waals surface area (Å²) < 4.78 is 1.03. The Balaban J connectivity index is 2.57. The van der Waals surface area contributed by atoms with Crippen LogP contribution in [0.25, 0.3) is 0 Å². The van der Waals surface area contributed by atoms with Gasteiger partial charge in [0.2, 0.25) is 0 Å². The van der Waals surface area contributed by atoms with E-state index < -0.39 is 5.97 Å². The van der Waals surface area contributed by atoms with Crippen LogP contribution in [0.4, 0.5) is 0 Å². The Hall–Kier alpha value is -0.501. The molecule has 0 aromatic heterocycles. The van der Waals surface area contributed by atoms with Gasteiger partial charge in [0.05, 0.1) is 0 Å². The molecular weight excluding hydrogens is 242 g/mol. The van der Waals surface area contributed by atoms with Crippen LogP contribution in [0, 0.1) is 0 Å². The second-order valence-corrected chi connectivity index (χ2v) is 4.78. The molecule has 0 amide bonds. The standard InChI is InChI=1S/C8H7ClO2Se/c9-6-2-1-3-7(4-6)12-5-8(10)11/h1-4H,5H2,(H,10,11). The minimum atomic E-state index is -0.755. The number of hydrogen-bond acceptors (Lipinski definition) is 1. The van der Waals surface area contributed by atoms with Crippen LogP contribution in [0.1, 0.15) is 0 Å². The summed E-state index contributed by atoms with van der Waals surface area (Å²) in [5.41, 5.74) is 0. The van der Waals surface area contributed by atoms with Crippen LogP contribution in [0.15, 0.2) is 24.3 Å². The van der Waals surface area contributed by atoms with Crippen molar-refractivity contribution in [1.82, 2.24) is 0 Å². The Bertz CT molecular complexity index is 288. The van der Waals surface area contributed by atoms with Gasteiger partial charge in [-0.15, -0.1) is 0 Å². The molecule has 0 bridgehead atoms. The van der Waals surface area contributed by atoms with Crippen molar-refractivity contribution < 1.29 is 9.90 Å². The molecule has 0 aliphatic heterocycles. The van der Waals surface area contributed by atoms with Gasteiger partial charge in [-0.25, -0.2) is 0 Å². The zero-order valence-corrected chi connectivity index (χ0v) is 8.63. The summed E-state index contributed by atoms with van der Waals surface area (Å²) in [7, 11) is 0. The summed E-state index contributed by atoms with van der Waals surface area (Å²) in [5, 5.41) is 9.31. The average Bonchev–Trinajstić information content (AvgIpc) is 2.01. The van der Waals surface area contributed by atoms with E-state index >= 15 is 0 Å². The molecule has 0 aliphatic carbocycles. The van der Waals surface area contributed by atoms with Crippen LogP contribution in [0.3, 0.4) is 0 Å². The Morgan fingerprint density at radius 3 is 2.92 bits per heavy atom. The van der Waals surface area contributed by atoms with Crippen LogP contribution >= 0.6 is 11.6 Å². The van der Waals surface area contributed by atoms with Crippen molar-refractivity contribution in [2.45, 2.75) is 5.32 Å². The van der Waals surface area contributed by atoms with Crippen molar-refractivity contribution in [2.24, 2.45) is 0 Å². The molecule has 1 aromatic carbocycles. The van der Waals surface area contributed by atoms with Crippen molar-refractivity contribution >= 4 is 37.0 Å². The second-order valence-electron chi connectivity index (χ2n) is 2.14. The molecule has 1 N–H and O–H groups in total. The molecular formula is C8H7ClO2Se. The fourth-order valence-corrected chi connectivity index (χ4v) is 2.46. The van der Waals surface area contributed by atoms with Gasteiger partial charge in [-0.1, -0.05) is 0 Å². The van der Waals surface area contributed by atoms with Gasteiger partial charge in [0.25, 0.3) is 0 Å². The number of aliphatic carboxylic acids is 1. The quantitative estimate of drug-likeness (QED) is 0.817. The summed E-state index contributed by atoms with van der Waals surface area (Å²) >= 11 is 5.72. The van der Waals surface area contributed by atoms with E-state index in [4.69, 9.17) is 16.7 Å². The van der Waals surface area contributed by atoms with Crippen LogP contribution in [0.2, 0.25) is 10.3 Å². The zero-order valence-electron chi connectivity index (χ0n) is 6.16. The van der Waals surface area contributed by atoms with E-state index in [1.807, 2.05) is 18.2 Å². The minimum absolute atomic E-state index is 0.00324. The van der Waals surface area contributed by atoms with E-state index in [2.05, 4.69) is 0 Å². The number of rotatable bonds is 3. The third kappa shape index (κ3) is 3.26. The Kier molecular flexibility index (Phi) is 3.60. The molecule has 2 nitrogen and oxygen atoms in total. The van der Waals surface area contributed by atoms with E-state index in [1.165, 1.54) is 0 Å². The Morgan fingerprint density at radius 1 is 1.58 bits per heavy atom. The summed E-state index contributed by atoms with van der Waals surface area (Å²) in [6.07, 6.45) is 0. The molecule has 0 saturated heterocycles. The molecule has 0 unspecified atom stereocenters. The van der Waals surface area contributed by atoms with Gasteiger partial charge in [0.15, 0.2) is 0 Å². The molecule has 1 aromatic rings. The third-order valence-corrected chi connectivity index (χ3v) is 3.45. The van der Waals surface area contributed by atoms with Crippen molar-refractivity contribution in [3.63, 3.8) is 0 Å². The number of carboxylic acid groups (broad SMARTS) is 1. The Labute approximate surface area is 81.7 Å². The fraction of sp³-hybridized carbons (Fsp3) is 0.125. The van der Waals surface area contributed by atoms with Crippen molar-refractivity contribution in [1.29, 1.82) is 0 Å². The molecule has 0 atom stereocenters. The maximum absolute atomic E-state index is 10.2. The van der Waals surface area contributed by atoms with Crippen LogP contribution < -0.4 is 4.46 Å². The summed E-state index contributed by atoms with van der Waals surface area (Å²) in [6.45, 7) is 0. The average molecular weight is 250 g/mol. The number of hydrogen-bond donors (Lipinski definition) is 1. The van der Waals surface area contributed by atoms with Gasteiger partial charge in [-0.2, -0.15) is 0 Å². The molecule has 0 fully saturated rings. The van der Waals surface area contributed by atoms with Gasteiger partial charge < -0.3 is 0 Å². The molecule has 1 rings (SSSR count). The summed E-state index contributed by atoms with van der Waals surface area (Å²) in [4.78, 5) is 10.2. The predicted molar refractivity (Wildman–Crippen MR) is 49.3 cm³/mol. The fourth-order valence-electron chi connectivity index (χ4n) is 0.702. The number of carboxylic acids is 1. The molecule has 4 heteroatoms. The first-order valence-corrected chi connectivity index (χ1v) is 5.73. The van der Waals surface area contributed by atoms with Gasteiger partial charge in [-0.3, -0.25) is 0 Å². The molecule has 0 aliphatic rings. The maximum atomic E-state index is 10.2. The second kappa shape index (κ2) is 4.51. The first-order valence-electron chi connectivity index (χ1n) is 3.28. The van der Waals surface area contributed by atoms with Gasteiger partial charge in [0.1, 0.15) is 0 Å². The van der Waals surface area contributed by atoms with Gasteiger partial charge >= 0.3 is 81.5 Å². The van der Waals surface area contributed by atoms with Crippen LogP contribution in [-0.2, 0) is 4.79 Å². The van der Waals surface area contributed by atoms with Crippen LogP contribution in [0.5, 0.6) is 0 Å². The number of carbonyl (C=O) groups is 1. The van der Waals surface area contributed by atoms with Gasteiger partial charge in [0, 0.05) is 0 Å². The summed E-state index contributed by atoms with van der Waals surface area (Å²) in [5.74, 6) is -0.755. The molecule has 0 spiro atoms.